The molecule has 0 aromatic carbocycles. The van der Waals surface area contributed by atoms with Crippen LogP contribution in [0.15, 0.2) is 28.7 Å². The summed E-state index contributed by atoms with van der Waals surface area (Å²) in [4.78, 5) is 47.9. The van der Waals surface area contributed by atoms with E-state index in [2.05, 4.69) is 25.6 Å². The van der Waals surface area contributed by atoms with Gasteiger partial charge >= 0.3 is 0 Å². The van der Waals surface area contributed by atoms with Crippen molar-refractivity contribution in [1.82, 2.24) is 9.97 Å². The number of nitrogens with zero attached hydrogens (tertiary/aromatic N) is 3. The maximum absolute atomic E-state index is 12.1. The van der Waals surface area contributed by atoms with Crippen LogP contribution in [0.1, 0.15) is 10.6 Å². The largest absolute Gasteiger partial charge is 0.302 e. The Morgan fingerprint density at radius 2 is 2.12 bits per heavy atom. The Kier molecular flexibility index (Phi) is 5.10. The third kappa shape index (κ3) is 4.64. The summed E-state index contributed by atoms with van der Waals surface area (Å²) in [5.41, 5.74) is 0.550. The molecule has 2 aromatic rings. The van der Waals surface area contributed by atoms with Crippen LogP contribution >= 0.6 is 22.7 Å². The van der Waals surface area contributed by atoms with E-state index >= 15 is 0 Å². The van der Waals surface area contributed by atoms with E-state index in [9.17, 15) is 14.4 Å². The van der Waals surface area contributed by atoms with E-state index in [1.165, 1.54) is 41.0 Å². The number of carbonyl (C=O) groups is 3. The highest BCUT2D eigenvalue weighted by molar-refractivity contribution is 7.15. The van der Waals surface area contributed by atoms with E-state index in [1.54, 1.807) is 11.6 Å². The van der Waals surface area contributed by atoms with Crippen molar-refractivity contribution in [2.24, 2.45) is 10.9 Å². The second-order valence-electron chi connectivity index (χ2n) is 5.14. The summed E-state index contributed by atoms with van der Waals surface area (Å²) in [6, 6.07) is 0. The number of anilines is 2. The van der Waals surface area contributed by atoms with Crippen LogP contribution in [0.2, 0.25) is 0 Å². The lowest BCUT2D eigenvalue weighted by Gasteiger charge is -2.08. The Hall–Kier alpha value is -2.72. The van der Waals surface area contributed by atoms with Gasteiger partial charge in [-0.3, -0.25) is 14.4 Å². The highest BCUT2D eigenvalue weighted by Gasteiger charge is 2.18. The zero-order valence-electron chi connectivity index (χ0n) is 13.1. The van der Waals surface area contributed by atoms with Crippen LogP contribution in [-0.2, 0) is 20.8 Å². The lowest BCUT2D eigenvalue weighted by Crippen LogP contribution is -2.24. The molecule has 0 bridgehead atoms. The quantitative estimate of drug-likeness (QED) is 0.827. The number of rotatable bonds is 5. The van der Waals surface area contributed by atoms with Crippen LogP contribution in [0, 0.1) is 12.8 Å². The number of nitrogens with one attached hydrogen (secondary N) is 2. The number of hydrogen-bond acceptors (Lipinski definition) is 7. The second kappa shape index (κ2) is 7.45. The molecule has 3 heterocycles. The van der Waals surface area contributed by atoms with Crippen molar-refractivity contribution in [3.63, 3.8) is 0 Å². The summed E-state index contributed by atoms with van der Waals surface area (Å²) >= 11 is 2.62. The van der Waals surface area contributed by atoms with Crippen molar-refractivity contribution < 1.29 is 14.4 Å². The highest BCUT2D eigenvalue weighted by Crippen LogP contribution is 2.19. The van der Waals surface area contributed by atoms with Crippen LogP contribution in [-0.4, -0.2) is 33.9 Å². The zero-order chi connectivity index (χ0) is 17.8. The van der Waals surface area contributed by atoms with Crippen molar-refractivity contribution in [2.75, 3.05) is 10.6 Å². The van der Waals surface area contributed by atoms with Gasteiger partial charge in [-0.1, -0.05) is 6.08 Å². The molecule has 0 aliphatic carbocycles. The predicted octanol–water partition coefficient (Wildman–Crippen LogP) is 1.81. The molecule has 0 fully saturated rings. The van der Waals surface area contributed by atoms with E-state index in [4.69, 9.17) is 0 Å². The standard InChI is InChI=1S/C15H13N5O3S2/c1-8-5-17-14(25-8)19-12(22)4-10-7-24-15(18-10)20-13(23)9-2-3-11(21)16-6-9/h2-3,5-7,9H,4H2,1H3,(H,17,19,22)(H,18,20,23). The molecule has 0 spiro atoms. The molecule has 2 aromatic heterocycles. The third-order valence-corrected chi connectivity index (χ3v) is 4.74. The topological polar surface area (TPSA) is 113 Å². The normalized spacial score (nSPS) is 16.0. The number of carbonyl (C=O) groups excluding carboxylic acids is 3. The van der Waals surface area contributed by atoms with Gasteiger partial charge in [0.05, 0.1) is 18.0 Å². The van der Waals surface area contributed by atoms with Gasteiger partial charge in [0.15, 0.2) is 10.3 Å². The van der Waals surface area contributed by atoms with Gasteiger partial charge in [-0.2, -0.15) is 0 Å². The molecular formula is C15H13N5O3S2. The van der Waals surface area contributed by atoms with E-state index in [0.29, 0.717) is 16.0 Å². The van der Waals surface area contributed by atoms with Gasteiger partial charge < -0.3 is 10.6 Å². The summed E-state index contributed by atoms with van der Waals surface area (Å²) in [5.74, 6) is -1.56. The van der Waals surface area contributed by atoms with Crippen molar-refractivity contribution >= 4 is 56.9 Å². The van der Waals surface area contributed by atoms with Gasteiger partial charge in [0.25, 0.3) is 5.91 Å². The lowest BCUT2D eigenvalue weighted by atomic mass is 10.1. The minimum absolute atomic E-state index is 0.0876. The van der Waals surface area contributed by atoms with Gasteiger partial charge in [-0.15, -0.1) is 22.7 Å². The molecule has 2 N–H and O–H groups in total. The average molecular weight is 375 g/mol. The molecule has 1 aliphatic rings. The molecule has 0 saturated carbocycles. The molecule has 10 heteroatoms. The summed E-state index contributed by atoms with van der Waals surface area (Å²) in [5, 5.41) is 7.99. The molecule has 3 rings (SSSR count). The number of dihydropyridines is 1. The van der Waals surface area contributed by atoms with Gasteiger partial charge in [-0.25, -0.2) is 15.0 Å². The molecule has 128 valence electrons. The molecule has 1 unspecified atom stereocenters. The highest BCUT2D eigenvalue weighted by atomic mass is 32.1. The van der Waals surface area contributed by atoms with E-state index in [-0.39, 0.29) is 24.1 Å². The van der Waals surface area contributed by atoms with Crippen LogP contribution < -0.4 is 10.6 Å². The first-order chi connectivity index (χ1) is 12.0. The van der Waals surface area contributed by atoms with Crippen molar-refractivity contribution in [1.29, 1.82) is 0 Å². The Morgan fingerprint density at radius 3 is 2.80 bits per heavy atom. The molecule has 0 saturated heterocycles. The van der Waals surface area contributed by atoms with E-state index < -0.39 is 5.92 Å². The van der Waals surface area contributed by atoms with Gasteiger partial charge in [0, 0.05) is 28.7 Å². The minimum atomic E-state index is -0.610. The summed E-state index contributed by atoms with van der Waals surface area (Å²) in [7, 11) is 0. The van der Waals surface area contributed by atoms with E-state index in [0.717, 1.165) is 4.88 Å². The molecule has 25 heavy (non-hydrogen) atoms. The summed E-state index contributed by atoms with van der Waals surface area (Å²) in [6.45, 7) is 1.91. The number of thiazole rings is 2. The Morgan fingerprint density at radius 1 is 1.28 bits per heavy atom. The Balaban J connectivity index is 1.54. The van der Waals surface area contributed by atoms with Gasteiger partial charge in [-0.05, 0) is 6.92 Å². The van der Waals surface area contributed by atoms with Gasteiger partial charge in [0.1, 0.15) is 0 Å². The predicted molar refractivity (Wildman–Crippen MR) is 96.1 cm³/mol. The third-order valence-electron chi connectivity index (χ3n) is 3.10. The first-order valence-corrected chi connectivity index (χ1v) is 8.93. The Labute approximate surface area is 150 Å². The molecule has 1 atom stereocenters. The van der Waals surface area contributed by atoms with Crippen molar-refractivity contribution in [3.8, 4) is 0 Å². The number of aryl methyl sites for hydroxylation is 1. The van der Waals surface area contributed by atoms with Crippen LogP contribution in [0.4, 0.5) is 10.3 Å². The molecule has 3 amide bonds. The summed E-state index contributed by atoms with van der Waals surface area (Å²) < 4.78 is 0. The van der Waals surface area contributed by atoms with Gasteiger partial charge in [0.2, 0.25) is 11.8 Å². The molecule has 8 nitrogen and oxygen atoms in total. The Bertz CT molecular complexity index is 867. The van der Waals surface area contributed by atoms with Crippen LogP contribution in [0.25, 0.3) is 0 Å². The first kappa shape index (κ1) is 17.1. The van der Waals surface area contributed by atoms with Crippen LogP contribution in [0.3, 0.4) is 0 Å². The number of aliphatic imine (C=N–C) groups is 1. The average Bonchev–Trinajstić information content (AvgIpc) is 3.17. The monoisotopic (exact) mass is 375 g/mol. The summed E-state index contributed by atoms with van der Waals surface area (Å²) in [6.07, 6.45) is 5.79. The number of hydrogen-bond donors (Lipinski definition) is 2. The maximum atomic E-state index is 12.1. The fourth-order valence-electron chi connectivity index (χ4n) is 1.96. The number of amides is 3. The second-order valence-corrected chi connectivity index (χ2v) is 7.23. The maximum Gasteiger partial charge on any atom is 0.269 e. The fraction of sp³-hybridized carbons (Fsp3) is 0.200. The SMILES string of the molecule is Cc1cnc(NC(=O)Cc2csc(NC(=O)C3C=CC(=O)N=C3)n2)s1. The van der Waals surface area contributed by atoms with Crippen LogP contribution in [0.5, 0.6) is 0 Å². The zero-order valence-corrected chi connectivity index (χ0v) is 14.7. The molecule has 1 aliphatic heterocycles. The minimum Gasteiger partial charge on any atom is -0.302 e. The fourth-order valence-corrected chi connectivity index (χ4v) is 3.36. The smallest absolute Gasteiger partial charge is 0.269 e. The van der Waals surface area contributed by atoms with Crippen molar-refractivity contribution in [2.45, 2.75) is 13.3 Å². The molecular weight excluding hydrogens is 362 g/mol. The molecule has 0 radical (unpaired) electrons. The number of aromatic nitrogens is 2. The van der Waals surface area contributed by atoms with E-state index in [1.807, 2.05) is 6.92 Å². The van der Waals surface area contributed by atoms with Crippen molar-refractivity contribution in [3.05, 3.63) is 34.3 Å². The first-order valence-electron chi connectivity index (χ1n) is 7.23. The lowest BCUT2D eigenvalue weighted by molar-refractivity contribution is -0.117.